The van der Waals surface area contributed by atoms with Gasteiger partial charge in [0, 0.05) is 0 Å². The maximum Gasteiger partial charge on any atom is 0.163 e. The van der Waals surface area contributed by atoms with E-state index < -0.39 is 5.79 Å². The van der Waals surface area contributed by atoms with Gasteiger partial charge in [0.05, 0.1) is 13.2 Å². The molecule has 0 spiro atoms. The van der Waals surface area contributed by atoms with Gasteiger partial charge in [0.25, 0.3) is 0 Å². The molecule has 1 atom stereocenters. The third-order valence-electron chi connectivity index (χ3n) is 1.33. The molecule has 10 heavy (non-hydrogen) atoms. The molecule has 0 aromatic heterocycles. The minimum Gasteiger partial charge on any atom is -0.348 e. The van der Waals surface area contributed by atoms with Crippen molar-refractivity contribution in [3.63, 3.8) is 0 Å². The Balaban J connectivity index is 2.29. The number of ether oxygens (including phenoxy) is 2. The van der Waals surface area contributed by atoms with Gasteiger partial charge in [-0.1, -0.05) is 0 Å². The average Bonchev–Trinajstić information content (AvgIpc) is 2.12. The Bertz CT molecular complexity index is 116. The largest absolute Gasteiger partial charge is 0.348 e. The van der Waals surface area contributed by atoms with Crippen LogP contribution in [0, 0.1) is 0 Å². The lowest BCUT2D eigenvalue weighted by Crippen LogP contribution is -2.23. The zero-order valence-electron chi connectivity index (χ0n) is 6.16. The Kier molecular flexibility index (Phi) is 2.57. The quantitative estimate of drug-likeness (QED) is 0.487. The van der Waals surface area contributed by atoms with Crippen LogP contribution < -0.4 is 0 Å². The first-order chi connectivity index (χ1) is 4.64. The van der Waals surface area contributed by atoms with Crippen LogP contribution in [0.4, 0.5) is 0 Å². The summed E-state index contributed by atoms with van der Waals surface area (Å²) in [6.45, 7) is 4.83. The van der Waals surface area contributed by atoms with Gasteiger partial charge in [0.2, 0.25) is 0 Å². The maximum atomic E-state index is 5.39. The third kappa shape index (κ3) is 2.12. The van der Waals surface area contributed by atoms with E-state index >= 15 is 0 Å². The third-order valence-corrected chi connectivity index (χ3v) is 1.48. The fourth-order valence-electron chi connectivity index (χ4n) is 0.928. The molecule has 1 heterocycles. The molecule has 0 radical (unpaired) electrons. The van der Waals surface area contributed by atoms with Crippen LogP contribution in [0.25, 0.3) is 0 Å². The van der Waals surface area contributed by atoms with E-state index in [-0.39, 0.29) is 6.10 Å². The van der Waals surface area contributed by atoms with Crippen molar-refractivity contribution in [2.24, 2.45) is 0 Å². The second-order valence-electron chi connectivity index (χ2n) is 2.75. The van der Waals surface area contributed by atoms with E-state index in [4.69, 9.17) is 9.47 Å². The van der Waals surface area contributed by atoms with Crippen molar-refractivity contribution >= 4 is 12.9 Å². The molecule has 1 unspecified atom stereocenters. The smallest absolute Gasteiger partial charge is 0.163 e. The summed E-state index contributed by atoms with van der Waals surface area (Å²) >= 11 is 3.62. The second kappa shape index (κ2) is 3.09. The molecule has 0 saturated carbocycles. The van der Waals surface area contributed by atoms with Crippen LogP contribution in [0.15, 0.2) is 0 Å². The highest BCUT2D eigenvalue weighted by molar-refractivity contribution is 7.75. The molecule has 1 saturated heterocycles. The standard InChI is InChI=1S/C6H12O3S/c1-6(2)7-3-5(9-6)4-8-10/h5,10H,3-4H2,1-2H3. The monoisotopic (exact) mass is 164 g/mol. The first-order valence-electron chi connectivity index (χ1n) is 3.22. The molecule has 0 aromatic rings. The molecule has 3 nitrogen and oxygen atoms in total. The second-order valence-corrected chi connectivity index (χ2v) is 3.00. The van der Waals surface area contributed by atoms with Crippen molar-refractivity contribution in [2.45, 2.75) is 25.7 Å². The highest BCUT2D eigenvalue weighted by Gasteiger charge is 2.32. The van der Waals surface area contributed by atoms with Gasteiger partial charge in [-0.2, -0.15) is 0 Å². The van der Waals surface area contributed by atoms with Gasteiger partial charge in [-0.25, -0.2) is 0 Å². The van der Waals surface area contributed by atoms with Gasteiger partial charge in [-0.3, -0.25) is 0 Å². The number of rotatable bonds is 2. The van der Waals surface area contributed by atoms with Crippen LogP contribution >= 0.6 is 12.9 Å². The Hall–Kier alpha value is 0.230. The summed E-state index contributed by atoms with van der Waals surface area (Å²) in [5, 5.41) is 0. The molecule has 0 bridgehead atoms. The number of hydrogen-bond acceptors (Lipinski definition) is 4. The number of hydrogen-bond donors (Lipinski definition) is 1. The van der Waals surface area contributed by atoms with Gasteiger partial charge < -0.3 is 13.7 Å². The molecular formula is C6H12O3S. The van der Waals surface area contributed by atoms with Crippen LogP contribution in [0.5, 0.6) is 0 Å². The van der Waals surface area contributed by atoms with Crippen LogP contribution in [0.2, 0.25) is 0 Å². The summed E-state index contributed by atoms with van der Waals surface area (Å²) in [7, 11) is 0. The summed E-state index contributed by atoms with van der Waals surface area (Å²) < 4.78 is 15.3. The molecular weight excluding hydrogens is 152 g/mol. The van der Waals surface area contributed by atoms with Crippen molar-refractivity contribution in [3.8, 4) is 0 Å². The fraction of sp³-hybridized carbons (Fsp3) is 1.00. The van der Waals surface area contributed by atoms with E-state index in [9.17, 15) is 0 Å². The van der Waals surface area contributed by atoms with E-state index in [1.54, 1.807) is 0 Å². The molecule has 0 aromatic carbocycles. The molecule has 1 rings (SSSR count). The van der Waals surface area contributed by atoms with Crippen LogP contribution in [-0.2, 0) is 13.7 Å². The minimum atomic E-state index is -0.447. The average molecular weight is 164 g/mol. The molecule has 0 N–H and O–H groups in total. The molecule has 0 aliphatic carbocycles. The van der Waals surface area contributed by atoms with Crippen LogP contribution in [0.1, 0.15) is 13.8 Å². The molecule has 1 aliphatic rings. The van der Waals surface area contributed by atoms with Crippen molar-refractivity contribution in [1.29, 1.82) is 0 Å². The Morgan fingerprint density at radius 1 is 1.70 bits per heavy atom. The molecule has 60 valence electrons. The van der Waals surface area contributed by atoms with Gasteiger partial charge in [0.15, 0.2) is 5.79 Å². The van der Waals surface area contributed by atoms with E-state index in [0.717, 1.165) is 0 Å². The first-order valence-corrected chi connectivity index (χ1v) is 3.59. The van der Waals surface area contributed by atoms with E-state index in [0.29, 0.717) is 13.2 Å². The molecule has 0 amide bonds. The molecule has 4 heteroatoms. The van der Waals surface area contributed by atoms with Crippen molar-refractivity contribution < 1.29 is 13.7 Å². The lowest BCUT2D eigenvalue weighted by atomic mass is 10.4. The van der Waals surface area contributed by atoms with Crippen molar-refractivity contribution in [3.05, 3.63) is 0 Å². The fourth-order valence-corrected chi connectivity index (χ4v) is 1.09. The lowest BCUT2D eigenvalue weighted by molar-refractivity contribution is -0.141. The topological polar surface area (TPSA) is 27.7 Å². The normalized spacial score (nSPS) is 30.9. The van der Waals surface area contributed by atoms with Gasteiger partial charge in [-0.15, -0.1) is 0 Å². The maximum absolute atomic E-state index is 5.39. The Labute approximate surface area is 66.3 Å². The van der Waals surface area contributed by atoms with Crippen molar-refractivity contribution in [1.82, 2.24) is 0 Å². The summed E-state index contributed by atoms with van der Waals surface area (Å²) in [4.78, 5) is 0. The molecule has 1 aliphatic heterocycles. The summed E-state index contributed by atoms with van der Waals surface area (Å²) in [6, 6.07) is 0. The van der Waals surface area contributed by atoms with Gasteiger partial charge in [0.1, 0.15) is 6.10 Å². The van der Waals surface area contributed by atoms with Crippen LogP contribution in [0.3, 0.4) is 0 Å². The van der Waals surface area contributed by atoms with Gasteiger partial charge in [-0.05, 0) is 26.8 Å². The Morgan fingerprint density at radius 3 is 2.80 bits per heavy atom. The summed E-state index contributed by atoms with van der Waals surface area (Å²) in [5.41, 5.74) is 0. The predicted molar refractivity (Wildman–Crippen MR) is 39.8 cm³/mol. The number of thiol groups is 1. The highest BCUT2D eigenvalue weighted by Crippen LogP contribution is 2.22. The van der Waals surface area contributed by atoms with Gasteiger partial charge >= 0.3 is 0 Å². The summed E-state index contributed by atoms with van der Waals surface area (Å²) in [6.07, 6.45) is 0.0347. The summed E-state index contributed by atoms with van der Waals surface area (Å²) in [5.74, 6) is -0.447. The first kappa shape index (κ1) is 8.33. The lowest BCUT2D eigenvalue weighted by Gasteiger charge is -2.16. The van der Waals surface area contributed by atoms with E-state index in [2.05, 4.69) is 17.1 Å². The zero-order valence-corrected chi connectivity index (χ0v) is 7.06. The minimum absolute atomic E-state index is 0.0347. The zero-order chi connectivity index (χ0) is 7.61. The van der Waals surface area contributed by atoms with E-state index in [1.165, 1.54) is 0 Å². The SMILES string of the molecule is CC1(C)OCC(COS)O1. The Morgan fingerprint density at radius 2 is 2.40 bits per heavy atom. The predicted octanol–water partition coefficient (Wildman–Crippen LogP) is 0.999. The molecule has 1 fully saturated rings. The highest BCUT2D eigenvalue weighted by atomic mass is 32.1. The van der Waals surface area contributed by atoms with Crippen LogP contribution in [-0.4, -0.2) is 25.1 Å². The van der Waals surface area contributed by atoms with E-state index in [1.807, 2.05) is 13.8 Å². The van der Waals surface area contributed by atoms with Crippen molar-refractivity contribution in [2.75, 3.05) is 13.2 Å².